The Hall–Kier alpha value is -0.770. The number of benzene rings is 1. The standard InChI is InChI=1S/C14H19Cl2NO2/c1-13(2,17)14(3,8-12(18)19-4)10-7-9(15)5-6-11(10)16/h5-7H,8,17H2,1-4H3. The lowest BCUT2D eigenvalue weighted by Gasteiger charge is -2.42. The van der Waals surface area contributed by atoms with Gasteiger partial charge in [-0.25, -0.2) is 0 Å². The summed E-state index contributed by atoms with van der Waals surface area (Å²) < 4.78 is 4.76. The Balaban J connectivity index is 3.39. The van der Waals surface area contributed by atoms with Crippen LogP contribution in [0.2, 0.25) is 10.0 Å². The van der Waals surface area contributed by atoms with E-state index in [0.29, 0.717) is 10.0 Å². The molecule has 19 heavy (non-hydrogen) atoms. The molecule has 0 bridgehead atoms. The molecule has 5 heteroatoms. The van der Waals surface area contributed by atoms with Gasteiger partial charge in [-0.1, -0.05) is 30.1 Å². The fourth-order valence-electron chi connectivity index (χ4n) is 1.95. The highest BCUT2D eigenvalue weighted by Gasteiger charge is 2.43. The molecular weight excluding hydrogens is 285 g/mol. The second-order valence-corrected chi connectivity index (χ2v) is 6.27. The zero-order valence-electron chi connectivity index (χ0n) is 11.6. The van der Waals surface area contributed by atoms with Crippen molar-refractivity contribution in [2.75, 3.05) is 7.11 Å². The lowest BCUT2D eigenvalue weighted by molar-refractivity contribution is -0.142. The average molecular weight is 304 g/mol. The predicted octanol–water partition coefficient (Wildman–Crippen LogP) is 3.55. The van der Waals surface area contributed by atoms with Gasteiger partial charge < -0.3 is 10.5 Å². The fraction of sp³-hybridized carbons (Fsp3) is 0.500. The van der Waals surface area contributed by atoms with Gasteiger partial charge in [0.05, 0.1) is 13.5 Å². The molecule has 0 fully saturated rings. The first-order chi connectivity index (χ1) is 8.61. The van der Waals surface area contributed by atoms with Gasteiger partial charge in [0.15, 0.2) is 0 Å². The van der Waals surface area contributed by atoms with Crippen molar-refractivity contribution in [2.24, 2.45) is 5.73 Å². The molecule has 1 aromatic rings. The molecule has 2 N–H and O–H groups in total. The smallest absolute Gasteiger partial charge is 0.306 e. The van der Waals surface area contributed by atoms with Crippen molar-refractivity contribution >= 4 is 29.2 Å². The van der Waals surface area contributed by atoms with Crippen molar-refractivity contribution in [1.82, 2.24) is 0 Å². The van der Waals surface area contributed by atoms with Gasteiger partial charge in [-0.05, 0) is 37.6 Å². The number of nitrogens with two attached hydrogens (primary N) is 1. The number of carbonyl (C=O) groups is 1. The van der Waals surface area contributed by atoms with Gasteiger partial charge in [-0.15, -0.1) is 0 Å². The van der Waals surface area contributed by atoms with Gasteiger partial charge in [0.1, 0.15) is 0 Å². The summed E-state index contributed by atoms with van der Waals surface area (Å²) in [6, 6.07) is 5.16. The monoisotopic (exact) mass is 303 g/mol. The van der Waals surface area contributed by atoms with Crippen molar-refractivity contribution in [3.05, 3.63) is 33.8 Å². The molecule has 0 aromatic heterocycles. The molecule has 0 aliphatic carbocycles. The number of hydrogen-bond donors (Lipinski definition) is 1. The highest BCUT2D eigenvalue weighted by molar-refractivity contribution is 6.33. The van der Waals surface area contributed by atoms with E-state index in [1.165, 1.54) is 7.11 Å². The fourth-order valence-corrected chi connectivity index (χ4v) is 2.45. The number of esters is 1. The van der Waals surface area contributed by atoms with Crippen LogP contribution in [0.4, 0.5) is 0 Å². The van der Waals surface area contributed by atoms with Gasteiger partial charge >= 0.3 is 5.97 Å². The topological polar surface area (TPSA) is 52.3 Å². The first-order valence-electron chi connectivity index (χ1n) is 5.93. The lowest BCUT2D eigenvalue weighted by Crippen LogP contribution is -2.53. The molecule has 0 aliphatic heterocycles. The van der Waals surface area contributed by atoms with Crippen LogP contribution in [-0.2, 0) is 14.9 Å². The number of methoxy groups -OCH3 is 1. The van der Waals surface area contributed by atoms with Crippen LogP contribution in [0.15, 0.2) is 18.2 Å². The molecule has 0 heterocycles. The third-order valence-electron chi connectivity index (χ3n) is 3.67. The van der Waals surface area contributed by atoms with Crippen LogP contribution in [0.1, 0.15) is 32.8 Å². The molecule has 3 nitrogen and oxygen atoms in total. The van der Waals surface area contributed by atoms with Crippen LogP contribution in [0.3, 0.4) is 0 Å². The Morgan fingerprint density at radius 1 is 1.32 bits per heavy atom. The second-order valence-electron chi connectivity index (χ2n) is 5.43. The quantitative estimate of drug-likeness (QED) is 0.865. The average Bonchev–Trinajstić information content (AvgIpc) is 2.30. The Bertz CT molecular complexity index is 483. The van der Waals surface area contributed by atoms with Gasteiger partial charge in [0, 0.05) is 21.0 Å². The molecule has 0 aliphatic rings. The zero-order valence-corrected chi connectivity index (χ0v) is 13.1. The molecule has 1 atom stereocenters. The van der Waals surface area contributed by atoms with Crippen molar-refractivity contribution < 1.29 is 9.53 Å². The number of carbonyl (C=O) groups excluding carboxylic acids is 1. The van der Waals surface area contributed by atoms with Gasteiger partial charge in [0.2, 0.25) is 0 Å². The molecule has 1 unspecified atom stereocenters. The van der Waals surface area contributed by atoms with E-state index in [2.05, 4.69) is 0 Å². The summed E-state index contributed by atoms with van der Waals surface area (Å²) in [6.07, 6.45) is 0.132. The molecule has 106 valence electrons. The largest absolute Gasteiger partial charge is 0.469 e. The molecular formula is C14H19Cl2NO2. The molecule has 1 rings (SSSR count). The van der Waals surface area contributed by atoms with E-state index in [4.69, 9.17) is 33.7 Å². The zero-order chi connectivity index (χ0) is 14.8. The van der Waals surface area contributed by atoms with E-state index in [1.807, 2.05) is 20.8 Å². The Labute approximate surface area is 124 Å². The summed E-state index contributed by atoms with van der Waals surface area (Å²) in [7, 11) is 1.35. The third-order valence-corrected chi connectivity index (χ3v) is 4.24. The predicted molar refractivity (Wildman–Crippen MR) is 78.7 cm³/mol. The Morgan fingerprint density at radius 2 is 1.89 bits per heavy atom. The van der Waals surface area contributed by atoms with E-state index in [1.54, 1.807) is 18.2 Å². The maximum Gasteiger partial charge on any atom is 0.306 e. The van der Waals surface area contributed by atoms with Gasteiger partial charge in [-0.2, -0.15) is 0 Å². The summed E-state index contributed by atoms with van der Waals surface area (Å²) in [6.45, 7) is 5.60. The van der Waals surface area contributed by atoms with Gasteiger partial charge in [-0.3, -0.25) is 4.79 Å². The third kappa shape index (κ3) is 3.41. The number of rotatable bonds is 4. The molecule has 0 radical (unpaired) electrons. The number of ether oxygens (including phenoxy) is 1. The van der Waals surface area contributed by atoms with E-state index < -0.39 is 11.0 Å². The molecule has 0 amide bonds. The van der Waals surface area contributed by atoms with Crippen LogP contribution in [0, 0.1) is 0 Å². The van der Waals surface area contributed by atoms with E-state index in [-0.39, 0.29) is 12.4 Å². The van der Waals surface area contributed by atoms with Crippen LogP contribution in [-0.4, -0.2) is 18.6 Å². The van der Waals surface area contributed by atoms with Crippen LogP contribution >= 0.6 is 23.2 Å². The summed E-state index contributed by atoms with van der Waals surface area (Å²) in [5.74, 6) is -0.336. The van der Waals surface area contributed by atoms with Crippen LogP contribution in [0.5, 0.6) is 0 Å². The molecule has 0 saturated carbocycles. The summed E-state index contributed by atoms with van der Waals surface area (Å²) in [5, 5.41) is 1.09. The van der Waals surface area contributed by atoms with E-state index in [0.717, 1.165) is 5.56 Å². The first kappa shape index (κ1) is 16.3. The maximum absolute atomic E-state index is 11.7. The highest BCUT2D eigenvalue weighted by Crippen LogP contribution is 2.41. The molecule has 0 spiro atoms. The van der Waals surface area contributed by atoms with Crippen LogP contribution < -0.4 is 5.73 Å². The number of hydrogen-bond acceptors (Lipinski definition) is 3. The molecule has 0 saturated heterocycles. The molecule has 1 aromatic carbocycles. The SMILES string of the molecule is COC(=O)CC(C)(c1cc(Cl)ccc1Cl)C(C)(C)N. The van der Waals surface area contributed by atoms with E-state index in [9.17, 15) is 4.79 Å². The highest BCUT2D eigenvalue weighted by atomic mass is 35.5. The van der Waals surface area contributed by atoms with Crippen LogP contribution in [0.25, 0.3) is 0 Å². The number of halogens is 2. The minimum Gasteiger partial charge on any atom is -0.469 e. The van der Waals surface area contributed by atoms with Crippen molar-refractivity contribution in [3.63, 3.8) is 0 Å². The summed E-state index contributed by atoms with van der Waals surface area (Å²) in [4.78, 5) is 11.7. The maximum atomic E-state index is 11.7. The lowest BCUT2D eigenvalue weighted by atomic mass is 9.66. The minimum absolute atomic E-state index is 0.132. The van der Waals surface area contributed by atoms with Gasteiger partial charge in [0.25, 0.3) is 0 Å². The second kappa shape index (κ2) is 5.70. The normalized spacial score (nSPS) is 14.9. The Kier molecular flexibility index (Phi) is 4.88. The van der Waals surface area contributed by atoms with Crippen molar-refractivity contribution in [2.45, 2.75) is 38.1 Å². The summed E-state index contributed by atoms with van der Waals surface area (Å²) >= 11 is 12.3. The Morgan fingerprint density at radius 3 is 2.37 bits per heavy atom. The van der Waals surface area contributed by atoms with E-state index >= 15 is 0 Å². The summed E-state index contributed by atoms with van der Waals surface area (Å²) in [5.41, 5.74) is 5.66. The van der Waals surface area contributed by atoms with Crippen molar-refractivity contribution in [1.29, 1.82) is 0 Å². The van der Waals surface area contributed by atoms with Crippen molar-refractivity contribution in [3.8, 4) is 0 Å². The minimum atomic E-state index is -0.678. The first-order valence-corrected chi connectivity index (χ1v) is 6.68.